The molecule has 0 fully saturated rings. The lowest BCUT2D eigenvalue weighted by Gasteiger charge is -2.15. The number of aryl methyl sites for hydroxylation is 1. The smallest absolute Gasteiger partial charge is 0.280 e. The summed E-state index contributed by atoms with van der Waals surface area (Å²) in [6, 6.07) is 8.28. The maximum Gasteiger partial charge on any atom is 0.280 e. The van der Waals surface area contributed by atoms with E-state index in [-0.39, 0.29) is 17.2 Å². The van der Waals surface area contributed by atoms with Crippen LogP contribution in [0.15, 0.2) is 35.4 Å². The molecule has 27 heavy (non-hydrogen) atoms. The average molecular weight is 393 g/mol. The van der Waals surface area contributed by atoms with E-state index in [2.05, 4.69) is 10.5 Å². The van der Waals surface area contributed by atoms with E-state index in [0.29, 0.717) is 16.3 Å². The van der Waals surface area contributed by atoms with Gasteiger partial charge in [0.1, 0.15) is 5.75 Å². The first-order chi connectivity index (χ1) is 12.8. The lowest BCUT2D eigenvalue weighted by Crippen LogP contribution is -2.33. The van der Waals surface area contributed by atoms with Gasteiger partial charge in [-0.3, -0.25) is 4.79 Å². The number of carbonyl (C=O) groups is 1. The molecule has 0 bridgehead atoms. The van der Waals surface area contributed by atoms with E-state index >= 15 is 0 Å². The molecule has 1 amide bonds. The number of benzene rings is 2. The Morgan fingerprint density at radius 2 is 1.81 bits per heavy atom. The normalized spacial score (nSPS) is 11.9. The number of phenols is 1. The van der Waals surface area contributed by atoms with E-state index in [1.807, 2.05) is 6.92 Å². The Bertz CT molecular complexity index is 829. The molecule has 2 N–H and O–H groups in total. The highest BCUT2D eigenvalue weighted by Gasteiger charge is 2.15. The summed E-state index contributed by atoms with van der Waals surface area (Å²) in [6.07, 6.45) is 0.647. The average Bonchev–Trinajstić information content (AvgIpc) is 2.64. The van der Waals surface area contributed by atoms with Crippen LogP contribution in [0.2, 0.25) is 5.02 Å². The van der Waals surface area contributed by atoms with Gasteiger partial charge in [-0.15, -0.1) is 0 Å². The summed E-state index contributed by atoms with van der Waals surface area (Å²) in [4.78, 5) is 12.2. The van der Waals surface area contributed by atoms with Gasteiger partial charge < -0.3 is 19.3 Å². The van der Waals surface area contributed by atoms with Gasteiger partial charge in [-0.2, -0.15) is 5.10 Å². The monoisotopic (exact) mass is 392 g/mol. The van der Waals surface area contributed by atoms with Crippen molar-refractivity contribution < 1.29 is 24.1 Å². The zero-order chi connectivity index (χ0) is 20.0. The van der Waals surface area contributed by atoms with Gasteiger partial charge in [0.15, 0.2) is 17.6 Å². The van der Waals surface area contributed by atoms with Crippen molar-refractivity contribution in [1.29, 1.82) is 0 Å². The highest BCUT2D eigenvalue weighted by molar-refractivity contribution is 6.30. The number of ether oxygens (including phenoxy) is 3. The van der Waals surface area contributed by atoms with Gasteiger partial charge in [-0.05, 0) is 49.7 Å². The predicted octanol–water partition coefficient (Wildman–Crippen LogP) is 3.29. The van der Waals surface area contributed by atoms with Gasteiger partial charge >= 0.3 is 0 Å². The van der Waals surface area contributed by atoms with Gasteiger partial charge in [0.05, 0.1) is 20.4 Å². The second kappa shape index (κ2) is 9.14. The number of hydrazone groups is 1. The van der Waals surface area contributed by atoms with Crippen LogP contribution in [0.4, 0.5) is 0 Å². The number of nitrogens with one attached hydrogen (secondary N) is 1. The van der Waals surface area contributed by atoms with Crippen LogP contribution in [0.3, 0.4) is 0 Å². The van der Waals surface area contributed by atoms with Crippen molar-refractivity contribution in [1.82, 2.24) is 5.43 Å². The number of carbonyl (C=O) groups excluding carboxylic acids is 1. The van der Waals surface area contributed by atoms with Gasteiger partial charge in [0, 0.05) is 10.6 Å². The van der Waals surface area contributed by atoms with Crippen LogP contribution in [0.25, 0.3) is 0 Å². The molecule has 0 radical (unpaired) electrons. The van der Waals surface area contributed by atoms with Crippen molar-refractivity contribution >= 4 is 23.7 Å². The van der Waals surface area contributed by atoms with Crippen LogP contribution in [-0.4, -0.2) is 37.6 Å². The second-order valence-electron chi connectivity index (χ2n) is 5.68. The van der Waals surface area contributed by atoms with Crippen LogP contribution in [0.1, 0.15) is 18.1 Å². The summed E-state index contributed by atoms with van der Waals surface area (Å²) >= 11 is 5.91. The van der Waals surface area contributed by atoms with Crippen molar-refractivity contribution in [3.05, 3.63) is 46.5 Å². The molecule has 0 aliphatic rings. The number of phenolic OH excluding ortho intramolecular Hbond substituents is 1. The minimum atomic E-state index is -0.758. The molecule has 2 rings (SSSR count). The molecule has 0 heterocycles. The largest absolute Gasteiger partial charge is 0.502 e. The number of halogens is 1. The third kappa shape index (κ3) is 5.27. The summed E-state index contributed by atoms with van der Waals surface area (Å²) < 4.78 is 15.8. The maximum absolute atomic E-state index is 12.2. The molecule has 1 unspecified atom stereocenters. The topological polar surface area (TPSA) is 89.4 Å². The second-order valence-corrected chi connectivity index (χ2v) is 6.11. The number of aromatic hydroxyl groups is 1. The number of rotatable bonds is 7. The van der Waals surface area contributed by atoms with E-state index in [4.69, 9.17) is 25.8 Å². The first-order valence-corrected chi connectivity index (χ1v) is 8.44. The first kappa shape index (κ1) is 20.4. The Hall–Kier alpha value is -2.93. The minimum absolute atomic E-state index is 0.110. The number of hydrogen-bond acceptors (Lipinski definition) is 6. The van der Waals surface area contributed by atoms with Crippen LogP contribution in [0, 0.1) is 6.92 Å². The molecular weight excluding hydrogens is 372 g/mol. The fourth-order valence-electron chi connectivity index (χ4n) is 2.24. The Kier molecular flexibility index (Phi) is 6.90. The lowest BCUT2D eigenvalue weighted by atomic mass is 10.2. The number of methoxy groups -OCH3 is 2. The number of hydrogen-bond donors (Lipinski definition) is 2. The van der Waals surface area contributed by atoms with Crippen molar-refractivity contribution in [3.8, 4) is 23.0 Å². The molecular formula is C19H21ClN2O5. The molecule has 7 nitrogen and oxygen atoms in total. The Labute approximate surface area is 162 Å². The van der Waals surface area contributed by atoms with Crippen LogP contribution >= 0.6 is 11.6 Å². The third-order valence-corrected chi connectivity index (χ3v) is 3.94. The molecule has 0 saturated carbocycles. The summed E-state index contributed by atoms with van der Waals surface area (Å²) in [5, 5.41) is 14.4. The standard InChI is InChI=1S/C19H21ClN2O5/c1-11-7-14(20)5-6-15(11)27-12(2)19(24)22-21-10-13-8-16(25-3)18(23)17(9-13)26-4/h5-10,12,23H,1-4H3,(H,22,24)/b21-10+. The van der Waals surface area contributed by atoms with Gasteiger partial charge in [0.25, 0.3) is 5.91 Å². The molecule has 0 aromatic heterocycles. The third-order valence-electron chi connectivity index (χ3n) is 3.70. The number of nitrogens with zero attached hydrogens (tertiary/aromatic N) is 1. The van der Waals surface area contributed by atoms with Gasteiger partial charge in [0.2, 0.25) is 5.75 Å². The van der Waals surface area contributed by atoms with Crippen molar-refractivity contribution in [2.75, 3.05) is 14.2 Å². The van der Waals surface area contributed by atoms with Crippen LogP contribution in [0.5, 0.6) is 23.0 Å². The highest BCUT2D eigenvalue weighted by Crippen LogP contribution is 2.36. The van der Waals surface area contributed by atoms with E-state index in [1.54, 1.807) is 37.3 Å². The zero-order valence-electron chi connectivity index (χ0n) is 15.4. The molecule has 0 aliphatic carbocycles. The Morgan fingerprint density at radius 3 is 2.37 bits per heavy atom. The van der Waals surface area contributed by atoms with E-state index in [1.165, 1.54) is 20.4 Å². The summed E-state index contributed by atoms with van der Waals surface area (Å²) in [5.41, 5.74) is 3.81. The van der Waals surface area contributed by atoms with Crippen molar-refractivity contribution in [2.24, 2.45) is 5.10 Å². The Balaban J connectivity index is 2.02. The van der Waals surface area contributed by atoms with E-state index < -0.39 is 12.0 Å². The van der Waals surface area contributed by atoms with Crippen LogP contribution < -0.4 is 19.6 Å². The molecule has 0 aliphatic heterocycles. The SMILES string of the molecule is COc1cc(/C=N/NC(=O)C(C)Oc2ccc(Cl)cc2C)cc(OC)c1O. The summed E-state index contributed by atoms with van der Waals surface area (Å²) in [7, 11) is 2.85. The van der Waals surface area contributed by atoms with Crippen LogP contribution in [-0.2, 0) is 4.79 Å². The van der Waals surface area contributed by atoms with Crippen molar-refractivity contribution in [3.63, 3.8) is 0 Å². The molecule has 0 saturated heterocycles. The molecule has 2 aromatic carbocycles. The molecule has 0 spiro atoms. The number of amides is 1. The minimum Gasteiger partial charge on any atom is -0.502 e. The summed E-state index contributed by atoms with van der Waals surface area (Å²) in [6.45, 7) is 3.46. The highest BCUT2D eigenvalue weighted by atomic mass is 35.5. The van der Waals surface area contributed by atoms with Gasteiger partial charge in [-0.1, -0.05) is 11.6 Å². The molecule has 8 heteroatoms. The zero-order valence-corrected chi connectivity index (χ0v) is 16.2. The van der Waals surface area contributed by atoms with Crippen molar-refractivity contribution in [2.45, 2.75) is 20.0 Å². The van der Waals surface area contributed by atoms with Gasteiger partial charge in [-0.25, -0.2) is 5.43 Å². The van der Waals surface area contributed by atoms with E-state index in [0.717, 1.165) is 5.56 Å². The fraction of sp³-hybridized carbons (Fsp3) is 0.263. The van der Waals surface area contributed by atoms with E-state index in [9.17, 15) is 9.90 Å². The Morgan fingerprint density at radius 1 is 1.19 bits per heavy atom. The fourth-order valence-corrected chi connectivity index (χ4v) is 2.47. The predicted molar refractivity (Wildman–Crippen MR) is 103 cm³/mol. The first-order valence-electron chi connectivity index (χ1n) is 8.06. The maximum atomic E-state index is 12.2. The molecule has 144 valence electrons. The molecule has 2 aromatic rings. The lowest BCUT2D eigenvalue weighted by molar-refractivity contribution is -0.127. The quantitative estimate of drug-likeness (QED) is 0.557. The molecule has 1 atom stereocenters. The summed E-state index contributed by atoms with van der Waals surface area (Å²) in [5.74, 6) is 0.507.